The number of rotatable bonds is 2. The lowest BCUT2D eigenvalue weighted by Gasteiger charge is -2.60. The number of hydrogen-bond acceptors (Lipinski definition) is 3. The maximum absolute atomic E-state index is 11.7. The summed E-state index contributed by atoms with van der Waals surface area (Å²) in [4.78, 5) is 18.6. The van der Waals surface area contributed by atoms with Crippen LogP contribution < -0.4 is 4.90 Å². The Hall–Kier alpha value is -1.10. The van der Waals surface area contributed by atoms with Crippen LogP contribution in [0.3, 0.4) is 0 Å². The van der Waals surface area contributed by atoms with Gasteiger partial charge in [-0.15, -0.1) is 0 Å². The molecule has 0 spiro atoms. The predicted molar refractivity (Wildman–Crippen MR) is 78.6 cm³/mol. The molecule has 1 N–H and O–H groups in total. The van der Waals surface area contributed by atoms with Crippen LogP contribution in [0.1, 0.15) is 32.1 Å². The number of aromatic nitrogens is 1. The smallest absolute Gasteiger partial charge is 0.309 e. The Labute approximate surface area is 126 Å². The van der Waals surface area contributed by atoms with Crippen LogP contribution in [0.5, 0.6) is 0 Å². The molecule has 4 nitrogen and oxygen atoms in total. The normalized spacial score (nSPS) is 38.2. The zero-order chi connectivity index (χ0) is 13.9. The maximum Gasteiger partial charge on any atom is 0.309 e. The quantitative estimate of drug-likeness (QED) is 0.901. The number of aliphatic carboxylic acids is 1. The van der Waals surface area contributed by atoms with Crippen molar-refractivity contribution in [2.24, 2.45) is 11.3 Å². The highest BCUT2D eigenvalue weighted by Crippen LogP contribution is 2.56. The second-order valence-electron chi connectivity index (χ2n) is 6.58. The predicted octanol–water partition coefficient (Wildman–Crippen LogP) is 3.07. The Morgan fingerprint density at radius 1 is 1.30 bits per heavy atom. The summed E-state index contributed by atoms with van der Waals surface area (Å²) in [7, 11) is 0. The molecule has 2 unspecified atom stereocenters. The van der Waals surface area contributed by atoms with Crippen LogP contribution in [0.4, 0.5) is 5.82 Å². The summed E-state index contributed by atoms with van der Waals surface area (Å²) in [6.45, 7) is 0. The minimum atomic E-state index is -0.583. The van der Waals surface area contributed by atoms with E-state index in [1.807, 2.05) is 18.3 Å². The molecule has 4 aliphatic rings. The lowest BCUT2D eigenvalue weighted by molar-refractivity contribution is -0.158. The highest BCUT2D eigenvalue weighted by atomic mass is 79.9. The fourth-order valence-corrected chi connectivity index (χ4v) is 5.02. The van der Waals surface area contributed by atoms with Crippen LogP contribution in [-0.4, -0.2) is 28.1 Å². The van der Waals surface area contributed by atoms with Gasteiger partial charge in [-0.2, -0.15) is 0 Å². The molecule has 1 aromatic rings. The summed E-state index contributed by atoms with van der Waals surface area (Å²) >= 11 is 3.42. The van der Waals surface area contributed by atoms with E-state index < -0.39 is 11.4 Å². The van der Waals surface area contributed by atoms with Crippen LogP contribution in [0.2, 0.25) is 0 Å². The van der Waals surface area contributed by atoms with Crippen LogP contribution in [0.25, 0.3) is 0 Å². The second-order valence-corrected chi connectivity index (χ2v) is 7.50. The number of halogens is 1. The van der Waals surface area contributed by atoms with Crippen molar-refractivity contribution in [1.29, 1.82) is 0 Å². The number of carboxylic acid groups (broad SMARTS) is 1. The van der Waals surface area contributed by atoms with Crippen molar-refractivity contribution in [3.05, 3.63) is 22.8 Å². The Morgan fingerprint density at radius 2 is 2.00 bits per heavy atom. The van der Waals surface area contributed by atoms with E-state index in [4.69, 9.17) is 0 Å². The summed E-state index contributed by atoms with van der Waals surface area (Å²) in [5.74, 6) is 1.01. The molecule has 106 valence electrons. The van der Waals surface area contributed by atoms with Crippen molar-refractivity contribution >= 4 is 27.7 Å². The fourth-order valence-electron chi connectivity index (χ4n) is 4.78. The first-order valence-electron chi connectivity index (χ1n) is 7.21. The summed E-state index contributed by atoms with van der Waals surface area (Å²) in [6.07, 6.45) is 6.54. The first-order valence-corrected chi connectivity index (χ1v) is 8.00. The first kappa shape index (κ1) is 12.6. The maximum atomic E-state index is 11.7. The van der Waals surface area contributed by atoms with Crippen molar-refractivity contribution in [3.8, 4) is 0 Å². The molecule has 2 aliphatic heterocycles. The molecule has 0 radical (unpaired) electrons. The summed E-state index contributed by atoms with van der Waals surface area (Å²) in [6, 6.07) is 4.76. The minimum Gasteiger partial charge on any atom is -0.481 e. The van der Waals surface area contributed by atoms with Gasteiger partial charge in [0.15, 0.2) is 0 Å². The number of carboxylic acids is 1. The molecule has 0 aromatic carbocycles. The number of nitrogens with zero attached hydrogens (tertiary/aromatic N) is 2. The molecule has 2 saturated carbocycles. The topological polar surface area (TPSA) is 53.4 Å². The fraction of sp³-hybridized carbons (Fsp3) is 0.600. The molecule has 20 heavy (non-hydrogen) atoms. The number of piperidine rings is 2. The number of pyridine rings is 1. The van der Waals surface area contributed by atoms with Crippen LogP contribution in [-0.2, 0) is 4.79 Å². The van der Waals surface area contributed by atoms with E-state index in [2.05, 4.69) is 25.8 Å². The van der Waals surface area contributed by atoms with E-state index in [1.54, 1.807) is 0 Å². The molecule has 4 bridgehead atoms. The molecule has 3 heterocycles. The van der Waals surface area contributed by atoms with Gasteiger partial charge >= 0.3 is 5.97 Å². The lowest BCUT2D eigenvalue weighted by Crippen LogP contribution is -2.64. The van der Waals surface area contributed by atoms with Gasteiger partial charge in [0, 0.05) is 22.8 Å². The summed E-state index contributed by atoms with van der Waals surface area (Å²) in [5, 5.41) is 9.63. The molecule has 2 atom stereocenters. The summed E-state index contributed by atoms with van der Waals surface area (Å²) < 4.78 is 0.980. The number of carbonyl (C=O) groups is 1. The molecular formula is C15H17BrN2O2. The van der Waals surface area contributed by atoms with Gasteiger partial charge in [-0.1, -0.05) is 0 Å². The standard InChI is InChI=1S/C15H17BrN2O2/c16-10-1-2-13(17-8-10)18-11-3-9-4-12(18)7-15(5-9,6-11)14(19)20/h1-2,8-9,11-12H,3-7H2,(H,19,20). The average Bonchev–Trinajstić information content (AvgIpc) is 2.39. The third kappa shape index (κ3) is 1.72. The second kappa shape index (κ2) is 4.20. The van der Waals surface area contributed by atoms with E-state index in [1.165, 1.54) is 0 Å². The molecule has 5 heteroatoms. The van der Waals surface area contributed by atoms with Crippen molar-refractivity contribution in [3.63, 3.8) is 0 Å². The van der Waals surface area contributed by atoms with Crippen molar-refractivity contribution < 1.29 is 9.90 Å². The zero-order valence-electron chi connectivity index (χ0n) is 11.1. The van der Waals surface area contributed by atoms with Crippen molar-refractivity contribution in [1.82, 2.24) is 4.98 Å². The highest BCUT2D eigenvalue weighted by molar-refractivity contribution is 9.10. The SMILES string of the molecule is O=C(O)C12CC3CC(C1)N(c1ccc(Br)cn1)C(C3)C2. The number of hydrogen-bond donors (Lipinski definition) is 1. The van der Waals surface area contributed by atoms with Gasteiger partial charge in [0.25, 0.3) is 0 Å². The highest BCUT2D eigenvalue weighted by Gasteiger charge is 2.58. The van der Waals surface area contributed by atoms with Crippen LogP contribution in [0, 0.1) is 11.3 Å². The van der Waals surface area contributed by atoms with Gasteiger partial charge in [0.2, 0.25) is 0 Å². The monoisotopic (exact) mass is 336 g/mol. The van der Waals surface area contributed by atoms with Crippen molar-refractivity contribution in [2.45, 2.75) is 44.2 Å². The first-order chi connectivity index (χ1) is 9.57. The van der Waals surface area contributed by atoms with Gasteiger partial charge in [-0.3, -0.25) is 4.79 Å². The largest absolute Gasteiger partial charge is 0.481 e. The zero-order valence-corrected chi connectivity index (χ0v) is 12.7. The van der Waals surface area contributed by atoms with E-state index in [-0.39, 0.29) is 0 Å². The molecule has 2 aliphatic carbocycles. The third-order valence-electron chi connectivity index (χ3n) is 5.36. The van der Waals surface area contributed by atoms with E-state index >= 15 is 0 Å². The van der Waals surface area contributed by atoms with Crippen LogP contribution in [0.15, 0.2) is 22.8 Å². The Balaban J connectivity index is 1.69. The average molecular weight is 337 g/mol. The third-order valence-corrected chi connectivity index (χ3v) is 5.83. The van der Waals surface area contributed by atoms with Gasteiger partial charge in [0.1, 0.15) is 5.82 Å². The van der Waals surface area contributed by atoms with Crippen molar-refractivity contribution in [2.75, 3.05) is 4.90 Å². The molecule has 5 rings (SSSR count). The van der Waals surface area contributed by atoms with E-state index in [9.17, 15) is 9.90 Å². The molecule has 2 saturated heterocycles. The molecule has 4 fully saturated rings. The molecular weight excluding hydrogens is 320 g/mol. The number of anilines is 1. The Morgan fingerprint density at radius 3 is 2.55 bits per heavy atom. The minimum absolute atomic E-state index is 0.353. The van der Waals surface area contributed by atoms with Crippen LogP contribution >= 0.6 is 15.9 Å². The van der Waals surface area contributed by atoms with Gasteiger partial charge in [0.05, 0.1) is 5.41 Å². The van der Waals surface area contributed by atoms with Gasteiger partial charge < -0.3 is 10.0 Å². The molecule has 1 aromatic heterocycles. The van der Waals surface area contributed by atoms with E-state index in [0.29, 0.717) is 18.0 Å². The summed E-state index contributed by atoms with van der Waals surface area (Å²) in [5.41, 5.74) is -0.456. The van der Waals surface area contributed by atoms with Gasteiger partial charge in [-0.25, -0.2) is 4.98 Å². The lowest BCUT2D eigenvalue weighted by atomic mass is 9.55. The van der Waals surface area contributed by atoms with E-state index in [0.717, 1.165) is 42.4 Å². The van der Waals surface area contributed by atoms with Gasteiger partial charge in [-0.05, 0) is 66.1 Å². The Kier molecular flexibility index (Phi) is 2.65. The molecule has 0 amide bonds. The Bertz CT molecular complexity index is 543.